The standard InChI is InChI=1S/C43H28N4O/c1-2-11-28(12-3-1)41-44-42(30-19-18-27-10-4-5-13-29(27)24-30)46-43(45-41)31-20-22-35-36-26-32(21-23-39(36)48-40(35)25-31)47-37-16-8-6-14-33(37)34-15-7-9-17-38(34)47/h1-26,41H,(H,44,45,46). The third kappa shape index (κ3) is 4.25. The molecule has 1 atom stereocenters. The second kappa shape index (κ2) is 10.5. The minimum Gasteiger partial charge on any atom is -0.456 e. The third-order valence-electron chi connectivity index (χ3n) is 9.43. The van der Waals surface area contributed by atoms with Crippen LogP contribution in [-0.4, -0.2) is 16.2 Å². The average Bonchev–Trinajstić information content (AvgIpc) is 3.69. The highest BCUT2D eigenvalue weighted by atomic mass is 16.3. The Morgan fingerprint density at radius 3 is 2.04 bits per heavy atom. The van der Waals surface area contributed by atoms with Crippen molar-refractivity contribution in [1.82, 2.24) is 9.88 Å². The summed E-state index contributed by atoms with van der Waals surface area (Å²) in [5.74, 6) is 1.46. The molecule has 9 aromatic rings. The fourth-order valence-electron chi connectivity index (χ4n) is 7.11. The topological polar surface area (TPSA) is 54.8 Å². The lowest BCUT2D eigenvalue weighted by atomic mass is 10.0. The Labute approximate surface area is 276 Å². The van der Waals surface area contributed by atoms with Crippen LogP contribution < -0.4 is 5.32 Å². The quantitative estimate of drug-likeness (QED) is 0.214. The van der Waals surface area contributed by atoms with Crippen LogP contribution in [-0.2, 0) is 0 Å². The first-order valence-corrected chi connectivity index (χ1v) is 16.2. The van der Waals surface area contributed by atoms with Gasteiger partial charge in [-0.05, 0) is 64.9 Å². The number of amidine groups is 2. The van der Waals surface area contributed by atoms with Crippen LogP contribution in [0.2, 0.25) is 0 Å². The average molecular weight is 617 g/mol. The molecule has 0 saturated carbocycles. The van der Waals surface area contributed by atoms with Gasteiger partial charge in [-0.25, -0.2) is 9.98 Å². The molecule has 0 aliphatic carbocycles. The number of nitrogens with one attached hydrogen (secondary N) is 1. The molecule has 5 heteroatoms. The zero-order valence-corrected chi connectivity index (χ0v) is 25.8. The molecule has 0 saturated heterocycles. The predicted octanol–water partition coefficient (Wildman–Crippen LogP) is 10.3. The van der Waals surface area contributed by atoms with Crippen LogP contribution in [0.15, 0.2) is 172 Å². The number of hydrogen-bond donors (Lipinski definition) is 1. The van der Waals surface area contributed by atoms with Crippen molar-refractivity contribution in [2.24, 2.45) is 9.98 Å². The van der Waals surface area contributed by atoms with Gasteiger partial charge in [0.2, 0.25) is 0 Å². The Bertz CT molecular complexity index is 2720. The molecule has 0 amide bonds. The molecule has 0 radical (unpaired) electrons. The molecule has 1 aliphatic heterocycles. The van der Waals surface area contributed by atoms with Gasteiger partial charge >= 0.3 is 0 Å². The molecule has 5 nitrogen and oxygen atoms in total. The van der Waals surface area contributed by atoms with Crippen LogP contribution in [0.1, 0.15) is 22.9 Å². The maximum absolute atomic E-state index is 6.48. The summed E-state index contributed by atoms with van der Waals surface area (Å²) in [5.41, 5.74) is 8.15. The molecule has 10 rings (SSSR count). The predicted molar refractivity (Wildman–Crippen MR) is 197 cm³/mol. The molecule has 0 bridgehead atoms. The molecular weight excluding hydrogens is 589 g/mol. The first-order valence-electron chi connectivity index (χ1n) is 16.2. The normalized spacial score (nSPS) is 14.9. The van der Waals surface area contributed by atoms with Crippen molar-refractivity contribution in [1.29, 1.82) is 0 Å². The molecule has 48 heavy (non-hydrogen) atoms. The molecule has 0 spiro atoms. The number of furan rings is 1. The highest BCUT2D eigenvalue weighted by molar-refractivity contribution is 6.16. The maximum atomic E-state index is 6.48. The fraction of sp³-hybridized carbons (Fsp3) is 0.0233. The molecule has 1 N–H and O–H groups in total. The number of para-hydroxylation sites is 2. The van der Waals surface area contributed by atoms with Crippen molar-refractivity contribution in [3.8, 4) is 5.69 Å². The van der Waals surface area contributed by atoms with Crippen LogP contribution in [0.3, 0.4) is 0 Å². The van der Waals surface area contributed by atoms with E-state index in [2.05, 4.69) is 149 Å². The van der Waals surface area contributed by atoms with Crippen molar-refractivity contribution in [2.45, 2.75) is 6.17 Å². The summed E-state index contributed by atoms with van der Waals surface area (Å²) in [5, 5.41) is 10.6. The van der Waals surface area contributed by atoms with E-state index in [9.17, 15) is 0 Å². The van der Waals surface area contributed by atoms with Gasteiger partial charge in [0.05, 0.1) is 11.0 Å². The Balaban J connectivity index is 1.09. The van der Waals surface area contributed by atoms with E-state index in [-0.39, 0.29) is 6.17 Å². The molecule has 3 heterocycles. The van der Waals surface area contributed by atoms with Gasteiger partial charge in [-0.3, -0.25) is 0 Å². The number of hydrogen-bond acceptors (Lipinski definition) is 4. The lowest BCUT2D eigenvalue weighted by Crippen LogP contribution is -2.33. The summed E-state index contributed by atoms with van der Waals surface area (Å²) in [4.78, 5) is 10.2. The van der Waals surface area contributed by atoms with Gasteiger partial charge in [-0.15, -0.1) is 0 Å². The summed E-state index contributed by atoms with van der Waals surface area (Å²) in [6, 6.07) is 55.1. The summed E-state index contributed by atoms with van der Waals surface area (Å²) in [6.45, 7) is 0. The van der Waals surface area contributed by atoms with Crippen LogP contribution in [0.4, 0.5) is 0 Å². The Morgan fingerprint density at radius 1 is 0.521 bits per heavy atom. The van der Waals surface area contributed by atoms with Crippen molar-refractivity contribution in [2.75, 3.05) is 0 Å². The number of nitrogens with zero attached hydrogens (tertiary/aromatic N) is 3. The Morgan fingerprint density at radius 2 is 1.23 bits per heavy atom. The van der Waals surface area contributed by atoms with Crippen LogP contribution >= 0.6 is 0 Å². The van der Waals surface area contributed by atoms with Crippen molar-refractivity contribution in [3.63, 3.8) is 0 Å². The van der Waals surface area contributed by atoms with E-state index in [1.807, 2.05) is 18.2 Å². The Kier molecular flexibility index (Phi) is 5.87. The first kappa shape index (κ1) is 26.7. The minimum absolute atomic E-state index is 0.277. The molecular formula is C43H28N4O. The lowest BCUT2D eigenvalue weighted by molar-refractivity contribution is 0.666. The smallest absolute Gasteiger partial charge is 0.159 e. The molecule has 226 valence electrons. The van der Waals surface area contributed by atoms with E-state index in [0.29, 0.717) is 5.84 Å². The van der Waals surface area contributed by atoms with Crippen LogP contribution in [0.25, 0.3) is 60.2 Å². The molecule has 7 aromatic carbocycles. The van der Waals surface area contributed by atoms with E-state index >= 15 is 0 Å². The number of fused-ring (bicyclic) bond motifs is 7. The van der Waals surface area contributed by atoms with Crippen LogP contribution in [0.5, 0.6) is 0 Å². The highest BCUT2D eigenvalue weighted by Crippen LogP contribution is 2.36. The summed E-state index contributed by atoms with van der Waals surface area (Å²) in [6.07, 6.45) is -0.277. The fourth-order valence-corrected chi connectivity index (χ4v) is 7.11. The second-order valence-electron chi connectivity index (χ2n) is 12.3. The number of aromatic nitrogens is 1. The second-order valence-corrected chi connectivity index (χ2v) is 12.3. The van der Waals surface area contributed by atoms with E-state index in [0.717, 1.165) is 55.5 Å². The maximum Gasteiger partial charge on any atom is 0.159 e. The summed E-state index contributed by atoms with van der Waals surface area (Å²) in [7, 11) is 0. The summed E-state index contributed by atoms with van der Waals surface area (Å²) < 4.78 is 8.82. The Hall–Kier alpha value is -6.46. The zero-order valence-electron chi connectivity index (χ0n) is 25.8. The largest absolute Gasteiger partial charge is 0.456 e. The molecule has 1 aliphatic rings. The molecule has 0 fully saturated rings. The van der Waals surface area contributed by atoms with Gasteiger partial charge in [-0.1, -0.05) is 109 Å². The molecule has 1 unspecified atom stereocenters. The minimum atomic E-state index is -0.277. The van der Waals surface area contributed by atoms with Crippen LogP contribution in [0, 0.1) is 0 Å². The number of aliphatic imine (C=N–C) groups is 2. The van der Waals surface area contributed by atoms with Crippen molar-refractivity contribution < 1.29 is 4.42 Å². The van der Waals surface area contributed by atoms with Gasteiger partial charge in [0.15, 0.2) is 5.84 Å². The van der Waals surface area contributed by atoms with Gasteiger partial charge < -0.3 is 14.3 Å². The lowest BCUT2D eigenvalue weighted by Gasteiger charge is -2.23. The SMILES string of the molecule is c1ccc(C2N=C(c3ccc4ccccc4c3)N=C(c3ccc4c(c3)oc3ccc(-n5c6ccccc6c6ccccc65)cc34)N2)cc1. The van der Waals surface area contributed by atoms with Gasteiger partial charge in [0.25, 0.3) is 0 Å². The third-order valence-corrected chi connectivity index (χ3v) is 9.43. The molecule has 2 aromatic heterocycles. The zero-order chi connectivity index (χ0) is 31.6. The van der Waals surface area contributed by atoms with E-state index < -0.39 is 0 Å². The van der Waals surface area contributed by atoms with Gasteiger partial charge in [-0.2, -0.15) is 0 Å². The van der Waals surface area contributed by atoms with Gasteiger partial charge in [0, 0.05) is 38.4 Å². The first-order chi connectivity index (χ1) is 23.8. The van der Waals surface area contributed by atoms with E-state index in [1.165, 1.54) is 27.2 Å². The number of rotatable bonds is 4. The number of benzene rings is 7. The monoisotopic (exact) mass is 616 g/mol. The van der Waals surface area contributed by atoms with Gasteiger partial charge in [0.1, 0.15) is 23.2 Å². The highest BCUT2D eigenvalue weighted by Gasteiger charge is 2.22. The van der Waals surface area contributed by atoms with Crippen molar-refractivity contribution >= 4 is 66.2 Å². The summed E-state index contributed by atoms with van der Waals surface area (Å²) >= 11 is 0. The van der Waals surface area contributed by atoms with E-state index in [1.54, 1.807) is 0 Å². The van der Waals surface area contributed by atoms with Crippen molar-refractivity contribution in [3.05, 3.63) is 174 Å². The van der Waals surface area contributed by atoms with E-state index in [4.69, 9.17) is 14.4 Å².